The third-order valence-electron chi connectivity index (χ3n) is 4.37. The van der Waals surface area contributed by atoms with Crippen molar-refractivity contribution < 1.29 is 14.3 Å². The molecule has 0 aromatic heterocycles. The van der Waals surface area contributed by atoms with E-state index in [2.05, 4.69) is 24.3 Å². The largest absolute Gasteiger partial charge is 0.457 e. The van der Waals surface area contributed by atoms with Crippen molar-refractivity contribution in [2.45, 2.75) is 19.3 Å². The van der Waals surface area contributed by atoms with Crippen molar-refractivity contribution in [3.05, 3.63) is 90.5 Å². The Morgan fingerprint density at radius 2 is 1.32 bits per heavy atom. The summed E-state index contributed by atoms with van der Waals surface area (Å²) < 4.78 is 11.2. The number of amides is 1. The van der Waals surface area contributed by atoms with Gasteiger partial charge < -0.3 is 14.4 Å². The molecule has 0 aliphatic carbocycles. The minimum Gasteiger partial charge on any atom is -0.457 e. The molecule has 0 spiro atoms. The first-order valence-corrected chi connectivity index (χ1v) is 9.50. The molecule has 0 heterocycles. The lowest BCUT2D eigenvalue weighted by Crippen LogP contribution is -2.30. The van der Waals surface area contributed by atoms with E-state index >= 15 is 0 Å². The maximum Gasteiger partial charge on any atom is 0.414 e. The number of hydrogen-bond donors (Lipinski definition) is 0. The van der Waals surface area contributed by atoms with Gasteiger partial charge in [0.2, 0.25) is 0 Å². The van der Waals surface area contributed by atoms with Crippen LogP contribution in [0.4, 0.5) is 4.79 Å². The maximum absolute atomic E-state index is 12.2. The zero-order valence-electron chi connectivity index (χ0n) is 16.1. The summed E-state index contributed by atoms with van der Waals surface area (Å²) in [5.41, 5.74) is 1.32. The molecule has 0 unspecified atom stereocenters. The number of carbonyl (C=O) groups excluding carboxylic acids is 1. The predicted octanol–water partition coefficient (Wildman–Crippen LogP) is 5.93. The lowest BCUT2D eigenvalue weighted by molar-refractivity contribution is 0.162. The van der Waals surface area contributed by atoms with E-state index in [1.807, 2.05) is 36.4 Å². The van der Waals surface area contributed by atoms with Crippen LogP contribution in [0.2, 0.25) is 0 Å². The number of para-hydroxylation sites is 1. The Bertz CT molecular complexity index is 848. The van der Waals surface area contributed by atoms with Gasteiger partial charge in [-0.05, 0) is 61.2 Å². The highest BCUT2D eigenvalue weighted by molar-refractivity contribution is 5.70. The highest BCUT2D eigenvalue weighted by Crippen LogP contribution is 2.23. The third kappa shape index (κ3) is 6.16. The summed E-state index contributed by atoms with van der Waals surface area (Å²) in [5, 5.41) is 0. The number of hydrogen-bond acceptors (Lipinski definition) is 3. The van der Waals surface area contributed by atoms with Gasteiger partial charge in [-0.1, -0.05) is 48.5 Å². The van der Waals surface area contributed by atoms with Crippen molar-refractivity contribution in [2.24, 2.45) is 0 Å². The van der Waals surface area contributed by atoms with Crippen LogP contribution in [0.25, 0.3) is 0 Å². The van der Waals surface area contributed by atoms with E-state index in [1.54, 1.807) is 36.2 Å². The molecule has 1 amide bonds. The van der Waals surface area contributed by atoms with Gasteiger partial charge in [-0.2, -0.15) is 0 Å². The minimum atomic E-state index is -0.351. The Kier molecular flexibility index (Phi) is 7.08. The molecule has 3 aromatic rings. The number of rotatable bonds is 8. The maximum atomic E-state index is 12.2. The zero-order chi connectivity index (χ0) is 19.6. The van der Waals surface area contributed by atoms with Gasteiger partial charge in [0, 0.05) is 13.6 Å². The third-order valence-corrected chi connectivity index (χ3v) is 4.37. The van der Waals surface area contributed by atoms with Gasteiger partial charge >= 0.3 is 6.09 Å². The molecule has 0 saturated heterocycles. The van der Waals surface area contributed by atoms with Gasteiger partial charge in [0.05, 0.1) is 0 Å². The van der Waals surface area contributed by atoms with Crippen molar-refractivity contribution in [3.8, 4) is 17.2 Å². The molecule has 28 heavy (non-hydrogen) atoms. The Balaban J connectivity index is 1.40. The quantitative estimate of drug-likeness (QED) is 0.458. The van der Waals surface area contributed by atoms with Crippen LogP contribution >= 0.6 is 0 Å². The number of nitrogens with zero attached hydrogens (tertiary/aromatic N) is 1. The second kappa shape index (κ2) is 10.2. The van der Waals surface area contributed by atoms with Crippen LogP contribution in [-0.2, 0) is 6.42 Å². The Morgan fingerprint density at radius 1 is 0.750 bits per heavy atom. The molecule has 0 radical (unpaired) electrons. The van der Waals surface area contributed by atoms with Crippen molar-refractivity contribution in [3.63, 3.8) is 0 Å². The molecule has 0 N–H and O–H groups in total. The Labute approximate surface area is 166 Å². The molecule has 0 fully saturated rings. The number of aryl methyl sites for hydroxylation is 1. The van der Waals surface area contributed by atoms with Gasteiger partial charge in [0.15, 0.2) is 0 Å². The smallest absolute Gasteiger partial charge is 0.414 e. The van der Waals surface area contributed by atoms with Gasteiger partial charge in [-0.15, -0.1) is 0 Å². The monoisotopic (exact) mass is 375 g/mol. The van der Waals surface area contributed by atoms with Crippen LogP contribution in [-0.4, -0.2) is 24.6 Å². The van der Waals surface area contributed by atoms with Gasteiger partial charge in [0.1, 0.15) is 17.2 Å². The van der Waals surface area contributed by atoms with Crippen LogP contribution in [0.1, 0.15) is 18.4 Å². The molecular weight excluding hydrogens is 350 g/mol. The molecule has 0 bridgehead atoms. The normalized spacial score (nSPS) is 10.3. The molecule has 0 saturated carbocycles. The Hall–Kier alpha value is -3.27. The van der Waals surface area contributed by atoms with Crippen molar-refractivity contribution in [1.82, 2.24) is 4.90 Å². The lowest BCUT2D eigenvalue weighted by Gasteiger charge is -2.17. The molecule has 0 aliphatic rings. The van der Waals surface area contributed by atoms with Crippen LogP contribution in [0.5, 0.6) is 17.2 Å². The van der Waals surface area contributed by atoms with Crippen molar-refractivity contribution >= 4 is 6.09 Å². The first kappa shape index (κ1) is 19.5. The van der Waals surface area contributed by atoms with Crippen LogP contribution in [0, 0.1) is 0 Å². The van der Waals surface area contributed by atoms with Crippen LogP contribution in [0.15, 0.2) is 84.9 Å². The van der Waals surface area contributed by atoms with Crippen molar-refractivity contribution in [1.29, 1.82) is 0 Å². The van der Waals surface area contributed by atoms with Crippen LogP contribution < -0.4 is 9.47 Å². The zero-order valence-corrected chi connectivity index (χ0v) is 16.1. The fourth-order valence-electron chi connectivity index (χ4n) is 2.79. The van der Waals surface area contributed by atoms with E-state index in [9.17, 15) is 4.79 Å². The van der Waals surface area contributed by atoms with Gasteiger partial charge in [-0.3, -0.25) is 0 Å². The average Bonchev–Trinajstić information content (AvgIpc) is 2.74. The fraction of sp³-hybridized carbons (Fsp3) is 0.208. The highest BCUT2D eigenvalue weighted by atomic mass is 16.6. The molecule has 0 atom stereocenters. The number of carbonyl (C=O) groups is 1. The van der Waals surface area contributed by atoms with E-state index in [4.69, 9.17) is 9.47 Å². The summed E-state index contributed by atoms with van der Waals surface area (Å²) in [6.45, 7) is 0.668. The van der Waals surface area contributed by atoms with Gasteiger partial charge in [-0.25, -0.2) is 4.79 Å². The summed E-state index contributed by atoms with van der Waals surface area (Å²) in [6, 6.07) is 27.0. The Morgan fingerprint density at radius 3 is 2.00 bits per heavy atom. The molecule has 0 aliphatic heterocycles. The van der Waals surface area contributed by atoms with E-state index < -0.39 is 0 Å². The average molecular weight is 375 g/mol. The summed E-state index contributed by atoms with van der Waals surface area (Å²) in [4.78, 5) is 13.8. The minimum absolute atomic E-state index is 0.351. The van der Waals surface area contributed by atoms with Gasteiger partial charge in [0.25, 0.3) is 0 Å². The molecule has 3 rings (SSSR count). The fourth-order valence-corrected chi connectivity index (χ4v) is 2.79. The summed E-state index contributed by atoms with van der Waals surface area (Å²) in [6.07, 6.45) is 2.64. The molecule has 3 aromatic carbocycles. The van der Waals surface area contributed by atoms with E-state index in [0.717, 1.165) is 25.0 Å². The van der Waals surface area contributed by atoms with Crippen LogP contribution in [0.3, 0.4) is 0 Å². The highest BCUT2D eigenvalue weighted by Gasteiger charge is 2.11. The van der Waals surface area contributed by atoms with E-state index in [1.165, 1.54) is 5.56 Å². The second-order valence-corrected chi connectivity index (χ2v) is 6.62. The SMILES string of the molecule is CN(CCCCc1ccccc1)C(=O)Oc1ccc(Oc2ccccc2)cc1. The summed E-state index contributed by atoms with van der Waals surface area (Å²) >= 11 is 0. The van der Waals surface area contributed by atoms with E-state index in [0.29, 0.717) is 18.0 Å². The topological polar surface area (TPSA) is 38.8 Å². The molecule has 4 nitrogen and oxygen atoms in total. The second-order valence-electron chi connectivity index (χ2n) is 6.62. The first-order valence-electron chi connectivity index (χ1n) is 9.50. The number of benzene rings is 3. The summed E-state index contributed by atoms with van der Waals surface area (Å²) in [5.74, 6) is 1.96. The number of ether oxygens (including phenoxy) is 2. The van der Waals surface area contributed by atoms with E-state index in [-0.39, 0.29) is 6.09 Å². The predicted molar refractivity (Wildman–Crippen MR) is 111 cm³/mol. The lowest BCUT2D eigenvalue weighted by atomic mass is 10.1. The standard InChI is InChI=1S/C24H25NO3/c1-25(19-9-8-12-20-10-4-2-5-11-20)24(26)28-23-17-15-22(16-18-23)27-21-13-6-3-7-14-21/h2-7,10-11,13-18H,8-9,12,19H2,1H3. The first-order chi connectivity index (χ1) is 13.7. The molecular formula is C24H25NO3. The van der Waals surface area contributed by atoms with Crippen molar-refractivity contribution in [2.75, 3.05) is 13.6 Å². The number of unbranched alkanes of at least 4 members (excludes halogenated alkanes) is 1. The summed E-state index contributed by atoms with van der Waals surface area (Å²) in [7, 11) is 1.76. The molecule has 144 valence electrons. The molecule has 4 heteroatoms.